The number of halogens is 1. The Morgan fingerprint density at radius 1 is 1.26 bits per heavy atom. The van der Waals surface area contributed by atoms with E-state index in [0.29, 0.717) is 17.2 Å². The van der Waals surface area contributed by atoms with E-state index in [0.717, 1.165) is 39.7 Å². The third kappa shape index (κ3) is 3.76. The second kappa shape index (κ2) is 7.97. The van der Waals surface area contributed by atoms with Gasteiger partial charge in [-0.05, 0) is 60.4 Å². The largest absolute Gasteiger partial charge is 0.497 e. The Balaban J connectivity index is 2.43. The smallest absolute Gasteiger partial charge is 0.311 e. The molecule has 1 N–H and O–H groups in total. The van der Waals surface area contributed by atoms with Crippen molar-refractivity contribution < 1.29 is 14.6 Å². The van der Waals surface area contributed by atoms with Gasteiger partial charge in [0.05, 0.1) is 18.5 Å². The number of hydrogen-bond acceptors (Lipinski definition) is 3. The molecule has 0 spiro atoms. The van der Waals surface area contributed by atoms with Gasteiger partial charge in [0.15, 0.2) is 0 Å². The molecule has 1 unspecified atom stereocenters. The van der Waals surface area contributed by atoms with Crippen LogP contribution in [-0.2, 0) is 4.79 Å². The number of aromatic nitrogens is 1. The van der Waals surface area contributed by atoms with Crippen molar-refractivity contribution in [3.63, 3.8) is 0 Å². The van der Waals surface area contributed by atoms with E-state index < -0.39 is 11.9 Å². The van der Waals surface area contributed by atoms with Crippen molar-refractivity contribution >= 4 is 28.5 Å². The first-order chi connectivity index (χ1) is 13.0. The summed E-state index contributed by atoms with van der Waals surface area (Å²) in [7, 11) is 1.62. The monoisotopic (exact) mass is 383 g/mol. The van der Waals surface area contributed by atoms with Crippen LogP contribution in [0.3, 0.4) is 0 Å². The van der Waals surface area contributed by atoms with Crippen LogP contribution >= 0.6 is 11.6 Å². The van der Waals surface area contributed by atoms with Crippen LogP contribution in [-0.4, -0.2) is 23.2 Å². The quantitative estimate of drug-likeness (QED) is 0.580. The van der Waals surface area contributed by atoms with Crippen molar-refractivity contribution in [3.05, 3.63) is 58.7 Å². The van der Waals surface area contributed by atoms with Crippen LogP contribution in [0.25, 0.3) is 22.0 Å². The van der Waals surface area contributed by atoms with Gasteiger partial charge in [-0.1, -0.05) is 37.1 Å². The highest BCUT2D eigenvalue weighted by molar-refractivity contribution is 6.31. The summed E-state index contributed by atoms with van der Waals surface area (Å²) >= 11 is 6.26. The van der Waals surface area contributed by atoms with Crippen molar-refractivity contribution in [3.8, 4) is 16.9 Å². The summed E-state index contributed by atoms with van der Waals surface area (Å²) in [5, 5.41) is 11.3. The maximum atomic E-state index is 12.1. The average Bonchev–Trinajstić information content (AvgIpc) is 2.65. The summed E-state index contributed by atoms with van der Waals surface area (Å²) in [4.78, 5) is 16.8. The van der Waals surface area contributed by atoms with Crippen LogP contribution in [0.2, 0.25) is 5.02 Å². The van der Waals surface area contributed by atoms with Gasteiger partial charge in [0.2, 0.25) is 0 Å². The number of hydrogen-bond donors (Lipinski definition) is 1. The van der Waals surface area contributed by atoms with Gasteiger partial charge in [0, 0.05) is 16.1 Å². The number of fused-ring (bicyclic) bond motifs is 1. The standard InChI is InChI=1S/C22H22ClNO3/c1-4-6-17(22(25)26)20-13(2)24-19-10-9-15(23)12-18(19)21(20)14-7-5-8-16(11-14)27-3/h5,7-12,17H,4,6H2,1-3H3,(H,25,26). The molecule has 0 aliphatic carbocycles. The van der Waals surface area contributed by atoms with E-state index in [-0.39, 0.29) is 0 Å². The fraction of sp³-hybridized carbons (Fsp3) is 0.273. The van der Waals surface area contributed by atoms with Gasteiger partial charge >= 0.3 is 5.97 Å². The molecule has 140 valence electrons. The van der Waals surface area contributed by atoms with Crippen molar-refractivity contribution in [1.82, 2.24) is 4.98 Å². The number of benzene rings is 2. The summed E-state index contributed by atoms with van der Waals surface area (Å²) in [6.45, 7) is 3.86. The maximum Gasteiger partial charge on any atom is 0.311 e. The highest BCUT2D eigenvalue weighted by Crippen LogP contribution is 2.40. The van der Waals surface area contributed by atoms with Gasteiger partial charge in [0.25, 0.3) is 0 Å². The average molecular weight is 384 g/mol. The molecule has 1 heterocycles. The molecular weight excluding hydrogens is 362 g/mol. The Morgan fingerprint density at radius 3 is 2.70 bits per heavy atom. The highest BCUT2D eigenvalue weighted by Gasteiger charge is 2.27. The lowest BCUT2D eigenvalue weighted by atomic mass is 9.85. The number of aliphatic carboxylic acids is 1. The van der Waals surface area contributed by atoms with Gasteiger partial charge in [-0.3, -0.25) is 9.78 Å². The normalized spacial score (nSPS) is 12.1. The highest BCUT2D eigenvalue weighted by atomic mass is 35.5. The number of carboxylic acid groups (broad SMARTS) is 1. The van der Waals surface area contributed by atoms with Crippen molar-refractivity contribution in [2.45, 2.75) is 32.6 Å². The summed E-state index contributed by atoms with van der Waals surface area (Å²) in [6.07, 6.45) is 1.31. The predicted molar refractivity (Wildman–Crippen MR) is 109 cm³/mol. The number of rotatable bonds is 6. The zero-order valence-corrected chi connectivity index (χ0v) is 16.4. The first-order valence-corrected chi connectivity index (χ1v) is 9.31. The number of carbonyl (C=O) groups is 1. The Hall–Kier alpha value is -2.59. The molecule has 0 aliphatic rings. The Morgan fingerprint density at radius 2 is 2.04 bits per heavy atom. The van der Waals surface area contributed by atoms with Crippen LogP contribution < -0.4 is 4.74 Å². The fourth-order valence-electron chi connectivity index (χ4n) is 3.57. The number of carboxylic acids is 1. The van der Waals surface area contributed by atoms with Gasteiger partial charge in [-0.2, -0.15) is 0 Å². The van der Waals surface area contributed by atoms with Crippen LogP contribution in [0, 0.1) is 6.92 Å². The predicted octanol–water partition coefficient (Wildman–Crippen LogP) is 5.84. The third-order valence-electron chi connectivity index (χ3n) is 4.76. The number of aryl methyl sites for hydroxylation is 1. The third-order valence-corrected chi connectivity index (χ3v) is 4.99. The lowest BCUT2D eigenvalue weighted by molar-refractivity contribution is -0.139. The van der Waals surface area contributed by atoms with E-state index in [4.69, 9.17) is 16.3 Å². The molecule has 0 aliphatic heterocycles. The van der Waals surface area contributed by atoms with Gasteiger partial charge in [0.1, 0.15) is 5.75 Å². The number of methoxy groups -OCH3 is 1. The lowest BCUT2D eigenvalue weighted by Gasteiger charge is -2.21. The minimum Gasteiger partial charge on any atom is -0.497 e. The van der Waals surface area contributed by atoms with E-state index in [1.165, 1.54) is 0 Å². The molecule has 3 aromatic rings. The summed E-state index contributed by atoms with van der Waals surface area (Å²) in [5.41, 5.74) is 4.01. The molecule has 0 amide bonds. The fourth-order valence-corrected chi connectivity index (χ4v) is 3.74. The van der Waals surface area contributed by atoms with Gasteiger partial charge in [-0.15, -0.1) is 0 Å². The van der Waals surface area contributed by atoms with E-state index in [1.54, 1.807) is 13.2 Å². The number of nitrogens with zero attached hydrogens (tertiary/aromatic N) is 1. The number of pyridine rings is 1. The maximum absolute atomic E-state index is 12.1. The molecule has 2 aromatic carbocycles. The van der Waals surface area contributed by atoms with E-state index in [1.807, 2.05) is 50.2 Å². The minimum atomic E-state index is -0.840. The molecule has 1 atom stereocenters. The summed E-state index contributed by atoms with van der Waals surface area (Å²) in [5.74, 6) is -0.759. The molecule has 0 saturated carbocycles. The zero-order valence-electron chi connectivity index (χ0n) is 15.6. The molecule has 5 heteroatoms. The first kappa shape index (κ1) is 19.2. The summed E-state index contributed by atoms with van der Waals surface area (Å²) in [6, 6.07) is 13.2. The van der Waals surface area contributed by atoms with Crippen molar-refractivity contribution in [1.29, 1.82) is 0 Å². The molecule has 0 saturated heterocycles. The second-order valence-electron chi connectivity index (χ2n) is 6.56. The molecule has 0 bridgehead atoms. The minimum absolute atomic E-state index is 0.543. The van der Waals surface area contributed by atoms with Crippen LogP contribution in [0.1, 0.15) is 36.9 Å². The van der Waals surface area contributed by atoms with E-state index in [2.05, 4.69) is 4.98 Å². The van der Waals surface area contributed by atoms with Crippen LogP contribution in [0.4, 0.5) is 0 Å². The van der Waals surface area contributed by atoms with Crippen LogP contribution in [0.15, 0.2) is 42.5 Å². The Labute approximate surface area is 163 Å². The molecular formula is C22H22ClNO3. The van der Waals surface area contributed by atoms with Crippen LogP contribution in [0.5, 0.6) is 5.75 Å². The summed E-state index contributed by atoms with van der Waals surface area (Å²) < 4.78 is 5.38. The van der Waals surface area contributed by atoms with E-state index >= 15 is 0 Å². The molecule has 27 heavy (non-hydrogen) atoms. The van der Waals surface area contributed by atoms with Gasteiger partial charge < -0.3 is 9.84 Å². The number of ether oxygens (including phenoxy) is 1. The topological polar surface area (TPSA) is 59.4 Å². The van der Waals surface area contributed by atoms with Crippen molar-refractivity contribution in [2.75, 3.05) is 7.11 Å². The van der Waals surface area contributed by atoms with Crippen molar-refractivity contribution in [2.24, 2.45) is 0 Å². The zero-order chi connectivity index (χ0) is 19.6. The van der Waals surface area contributed by atoms with Gasteiger partial charge in [-0.25, -0.2) is 0 Å². The molecule has 0 fully saturated rings. The second-order valence-corrected chi connectivity index (χ2v) is 7.00. The molecule has 0 radical (unpaired) electrons. The molecule has 1 aromatic heterocycles. The SMILES string of the molecule is CCCC(C(=O)O)c1c(C)nc2ccc(Cl)cc2c1-c1cccc(OC)c1. The first-order valence-electron chi connectivity index (χ1n) is 8.93. The Bertz CT molecular complexity index is 1000. The molecule has 3 rings (SSSR count). The molecule has 4 nitrogen and oxygen atoms in total. The van der Waals surface area contributed by atoms with E-state index in [9.17, 15) is 9.90 Å². The lowest BCUT2D eigenvalue weighted by Crippen LogP contribution is -2.15. The Kier molecular flexibility index (Phi) is 5.66.